The number of nitrogens with zero attached hydrogens (tertiary/aromatic N) is 1. The largest absolute Gasteiger partial charge is 0.465 e. The van der Waals surface area contributed by atoms with Crippen molar-refractivity contribution in [2.45, 2.75) is 6.54 Å². The monoisotopic (exact) mass is 471 g/mol. The van der Waals surface area contributed by atoms with Crippen LogP contribution in [0.5, 0.6) is 0 Å². The Morgan fingerprint density at radius 3 is 2.72 bits per heavy atom. The lowest BCUT2D eigenvalue weighted by molar-refractivity contribution is -0.123. The number of rotatable bonds is 5. The summed E-state index contributed by atoms with van der Waals surface area (Å²) in [6, 6.07) is 13.9. The fraction of sp³-hybridized carbons (Fsp3) is 0.0870. The molecule has 1 fully saturated rings. The third-order valence-corrected chi connectivity index (χ3v) is 5.97. The number of furan rings is 1. The highest BCUT2D eigenvalue weighted by atomic mass is 35.5. The summed E-state index contributed by atoms with van der Waals surface area (Å²) < 4.78 is 23.8. The highest BCUT2D eigenvalue weighted by Gasteiger charge is 2.35. The minimum Gasteiger partial charge on any atom is -0.465 e. The summed E-state index contributed by atoms with van der Waals surface area (Å²) >= 11 is 6.79. The van der Waals surface area contributed by atoms with Gasteiger partial charge in [0.15, 0.2) is 0 Å². The number of imide groups is 1. The van der Waals surface area contributed by atoms with Gasteiger partial charge in [0.1, 0.15) is 17.3 Å². The van der Waals surface area contributed by atoms with Crippen LogP contribution in [0.15, 0.2) is 63.9 Å². The van der Waals surface area contributed by atoms with Crippen LogP contribution in [-0.4, -0.2) is 29.1 Å². The van der Waals surface area contributed by atoms with Crippen LogP contribution in [0, 0.1) is 5.82 Å². The quantitative estimate of drug-likeness (QED) is 0.347. The van der Waals surface area contributed by atoms with E-state index in [1.54, 1.807) is 36.4 Å². The topological polar surface area (TPSA) is 76.8 Å². The molecule has 0 radical (unpaired) electrons. The van der Waals surface area contributed by atoms with E-state index in [1.165, 1.54) is 25.3 Å². The Kier molecular flexibility index (Phi) is 6.16. The summed E-state index contributed by atoms with van der Waals surface area (Å²) in [5.41, 5.74) is 1.33. The molecule has 6 nitrogen and oxygen atoms in total. The van der Waals surface area contributed by atoms with E-state index in [9.17, 15) is 18.8 Å². The second-order valence-electron chi connectivity index (χ2n) is 6.74. The number of esters is 1. The van der Waals surface area contributed by atoms with Crippen LogP contribution in [0.25, 0.3) is 17.4 Å². The lowest BCUT2D eigenvalue weighted by Gasteiger charge is -2.13. The van der Waals surface area contributed by atoms with Crippen LogP contribution >= 0.6 is 23.4 Å². The average molecular weight is 472 g/mol. The van der Waals surface area contributed by atoms with Crippen molar-refractivity contribution in [1.82, 2.24) is 4.90 Å². The van der Waals surface area contributed by atoms with Crippen molar-refractivity contribution in [2.24, 2.45) is 0 Å². The third-order valence-electron chi connectivity index (χ3n) is 4.72. The van der Waals surface area contributed by atoms with Crippen LogP contribution in [0.3, 0.4) is 0 Å². The van der Waals surface area contributed by atoms with Gasteiger partial charge in [-0.05, 0) is 47.7 Å². The van der Waals surface area contributed by atoms with Crippen molar-refractivity contribution in [3.05, 3.63) is 87.2 Å². The van der Waals surface area contributed by atoms with E-state index in [0.717, 1.165) is 22.7 Å². The van der Waals surface area contributed by atoms with Crippen LogP contribution in [-0.2, 0) is 16.1 Å². The molecule has 2 heterocycles. The Morgan fingerprint density at radius 1 is 1.19 bits per heavy atom. The molecule has 0 aliphatic carbocycles. The maximum absolute atomic E-state index is 13.3. The molecule has 9 heteroatoms. The highest BCUT2D eigenvalue weighted by molar-refractivity contribution is 8.18. The number of hydrogen-bond acceptors (Lipinski definition) is 6. The summed E-state index contributed by atoms with van der Waals surface area (Å²) in [6.07, 6.45) is 1.46. The first-order chi connectivity index (χ1) is 15.4. The van der Waals surface area contributed by atoms with E-state index in [-0.39, 0.29) is 16.5 Å². The van der Waals surface area contributed by atoms with Crippen LogP contribution < -0.4 is 0 Å². The molecule has 2 amide bonds. The van der Waals surface area contributed by atoms with Gasteiger partial charge < -0.3 is 9.15 Å². The zero-order valence-corrected chi connectivity index (χ0v) is 18.2. The molecule has 0 N–H and O–H groups in total. The Bertz CT molecular complexity index is 1270. The predicted molar refractivity (Wildman–Crippen MR) is 118 cm³/mol. The third kappa shape index (κ3) is 4.32. The molecule has 3 aromatic rings. The number of carbonyl (C=O) groups excluding carboxylic acids is 3. The van der Waals surface area contributed by atoms with Crippen molar-refractivity contribution < 1.29 is 27.9 Å². The Hall–Kier alpha value is -3.36. The number of hydrogen-bond donors (Lipinski definition) is 0. The number of benzene rings is 2. The summed E-state index contributed by atoms with van der Waals surface area (Å²) in [6.45, 7) is -0.0724. The fourth-order valence-electron chi connectivity index (χ4n) is 3.15. The first kappa shape index (κ1) is 21.9. The van der Waals surface area contributed by atoms with Gasteiger partial charge in [0, 0.05) is 16.7 Å². The van der Waals surface area contributed by atoms with Crippen molar-refractivity contribution in [2.75, 3.05) is 7.11 Å². The molecule has 1 aliphatic rings. The number of carbonyl (C=O) groups is 3. The molecule has 1 aromatic heterocycles. The lowest BCUT2D eigenvalue weighted by atomic mass is 10.1. The summed E-state index contributed by atoms with van der Waals surface area (Å²) in [4.78, 5) is 38.3. The predicted octanol–water partition coefficient (Wildman–Crippen LogP) is 5.76. The SMILES string of the molecule is COC(=O)c1ccccc1-c1ccc(/C=C2\SC(=O)N(Cc3ccc(F)cc3Cl)C2=O)o1. The van der Waals surface area contributed by atoms with E-state index in [0.29, 0.717) is 28.2 Å². The molecule has 2 aromatic carbocycles. The second-order valence-corrected chi connectivity index (χ2v) is 8.14. The van der Waals surface area contributed by atoms with Crippen molar-refractivity contribution in [3.8, 4) is 11.3 Å². The molecule has 1 aliphatic heterocycles. The Morgan fingerprint density at radius 2 is 1.97 bits per heavy atom. The lowest BCUT2D eigenvalue weighted by Crippen LogP contribution is -2.27. The summed E-state index contributed by atoms with van der Waals surface area (Å²) in [5, 5.41) is -0.336. The zero-order chi connectivity index (χ0) is 22.8. The highest BCUT2D eigenvalue weighted by Crippen LogP contribution is 2.35. The molecule has 1 saturated heterocycles. The molecule has 32 heavy (non-hydrogen) atoms. The Labute approximate surface area is 191 Å². The minimum absolute atomic E-state index is 0.0724. The van der Waals surface area contributed by atoms with E-state index in [1.807, 2.05) is 0 Å². The molecule has 0 spiro atoms. The van der Waals surface area contributed by atoms with Gasteiger partial charge in [0.25, 0.3) is 11.1 Å². The van der Waals surface area contributed by atoms with Gasteiger partial charge in [-0.3, -0.25) is 14.5 Å². The van der Waals surface area contributed by atoms with Gasteiger partial charge >= 0.3 is 5.97 Å². The zero-order valence-electron chi connectivity index (χ0n) is 16.6. The number of methoxy groups -OCH3 is 1. The van der Waals surface area contributed by atoms with Gasteiger partial charge in [0.05, 0.1) is 24.1 Å². The molecule has 0 bridgehead atoms. The van der Waals surface area contributed by atoms with Crippen molar-refractivity contribution in [1.29, 1.82) is 0 Å². The average Bonchev–Trinajstić information content (AvgIpc) is 3.35. The van der Waals surface area contributed by atoms with E-state index < -0.39 is 22.9 Å². The normalized spacial score (nSPS) is 15.0. The van der Waals surface area contributed by atoms with Gasteiger partial charge in [-0.1, -0.05) is 35.9 Å². The molecule has 162 valence electrons. The van der Waals surface area contributed by atoms with Crippen molar-refractivity contribution >= 4 is 46.6 Å². The van der Waals surface area contributed by atoms with Crippen LogP contribution in [0.4, 0.5) is 9.18 Å². The first-order valence-electron chi connectivity index (χ1n) is 9.34. The smallest absolute Gasteiger partial charge is 0.338 e. The first-order valence-corrected chi connectivity index (χ1v) is 10.5. The van der Waals surface area contributed by atoms with Gasteiger partial charge in [-0.15, -0.1) is 0 Å². The molecular weight excluding hydrogens is 457 g/mol. The van der Waals surface area contributed by atoms with E-state index in [2.05, 4.69) is 0 Å². The summed E-state index contributed by atoms with van der Waals surface area (Å²) in [7, 11) is 1.29. The molecule has 0 unspecified atom stereocenters. The van der Waals surface area contributed by atoms with Crippen LogP contribution in [0.1, 0.15) is 21.7 Å². The van der Waals surface area contributed by atoms with Gasteiger partial charge in [0.2, 0.25) is 0 Å². The number of thioether (sulfide) groups is 1. The maximum atomic E-state index is 13.3. The number of ether oxygens (including phenoxy) is 1. The molecule has 0 saturated carbocycles. The number of amides is 2. The fourth-order valence-corrected chi connectivity index (χ4v) is 4.19. The standard InChI is InChI=1S/C23H15ClFNO5S/c1-30-22(28)17-5-3-2-4-16(17)19-9-8-15(31-19)11-20-21(27)26(23(29)32-20)12-13-6-7-14(25)10-18(13)24/h2-11H,12H2,1H3/b20-11-. The van der Waals surface area contributed by atoms with Crippen molar-refractivity contribution in [3.63, 3.8) is 0 Å². The Balaban J connectivity index is 1.57. The summed E-state index contributed by atoms with van der Waals surface area (Å²) in [5.74, 6) is -0.762. The minimum atomic E-state index is -0.506. The second kappa shape index (κ2) is 9.02. The molecule has 0 atom stereocenters. The van der Waals surface area contributed by atoms with E-state index in [4.69, 9.17) is 20.8 Å². The van der Waals surface area contributed by atoms with E-state index >= 15 is 0 Å². The van der Waals surface area contributed by atoms with Gasteiger partial charge in [-0.25, -0.2) is 9.18 Å². The van der Waals surface area contributed by atoms with Gasteiger partial charge in [-0.2, -0.15) is 0 Å². The molecule has 4 rings (SSSR count). The number of halogens is 2. The van der Waals surface area contributed by atoms with Crippen LogP contribution in [0.2, 0.25) is 5.02 Å². The molecular formula is C23H15ClFNO5S. The maximum Gasteiger partial charge on any atom is 0.338 e.